The van der Waals surface area contributed by atoms with Gasteiger partial charge in [0, 0.05) is 38.6 Å². The molecule has 0 spiro atoms. The largest absolute Gasteiger partial charge is 0.501 e. The topological polar surface area (TPSA) is 34.2 Å². The van der Waals surface area contributed by atoms with E-state index in [2.05, 4.69) is 44.9 Å². The van der Waals surface area contributed by atoms with Crippen molar-refractivity contribution in [1.82, 2.24) is 9.80 Å². The second-order valence-corrected chi connectivity index (χ2v) is 16.7. The van der Waals surface area contributed by atoms with Crippen molar-refractivity contribution in [3.8, 4) is 0 Å². The lowest BCUT2D eigenvalue weighted by Crippen LogP contribution is -2.55. The number of unbranched alkanes of at least 4 members (excludes halogenated alkanes) is 15. The second-order valence-electron chi connectivity index (χ2n) is 14.0. The molecule has 41 heavy (non-hydrogen) atoms. The summed E-state index contributed by atoms with van der Waals surface area (Å²) >= 11 is 0. The number of nitrogens with zero attached hydrogens (tertiary/aromatic N) is 3. The Bertz CT molecular complexity index is 595. The summed E-state index contributed by atoms with van der Waals surface area (Å²) in [7, 11) is 6.86. The van der Waals surface area contributed by atoms with Gasteiger partial charge >= 0.3 is 8.80 Å². The van der Waals surface area contributed by atoms with Crippen LogP contribution in [-0.2, 0) is 13.3 Å². The first-order valence-electron chi connectivity index (χ1n) is 18.0. The SMILES string of the molecule is CCCCCCCCCCCCCCCCCC[N+](C)(C)C(CCC[Si]12OCCN(CCO1)CCO2)CCN(C)C. The van der Waals surface area contributed by atoms with Gasteiger partial charge in [-0.15, -0.1) is 0 Å². The highest BCUT2D eigenvalue weighted by atomic mass is 28.4. The first kappa shape index (κ1) is 37.2. The summed E-state index contributed by atoms with van der Waals surface area (Å²) in [5.41, 5.74) is 0. The Hall–Kier alpha value is -0.0231. The lowest BCUT2D eigenvalue weighted by molar-refractivity contribution is -0.916. The summed E-state index contributed by atoms with van der Waals surface area (Å²) < 4.78 is 20.1. The molecule has 0 radical (unpaired) electrons. The third-order valence-corrected chi connectivity index (χ3v) is 12.6. The van der Waals surface area contributed by atoms with E-state index in [-0.39, 0.29) is 0 Å². The fourth-order valence-electron chi connectivity index (χ4n) is 6.72. The highest BCUT2D eigenvalue weighted by Gasteiger charge is 2.43. The molecule has 1 atom stereocenters. The van der Waals surface area contributed by atoms with Crippen LogP contribution in [0.5, 0.6) is 0 Å². The maximum absolute atomic E-state index is 6.31. The Morgan fingerprint density at radius 2 is 1.07 bits per heavy atom. The van der Waals surface area contributed by atoms with E-state index in [0.717, 1.165) is 62.9 Å². The van der Waals surface area contributed by atoms with Crippen molar-refractivity contribution in [1.29, 1.82) is 0 Å². The van der Waals surface area contributed by atoms with Gasteiger partial charge in [-0.3, -0.25) is 4.90 Å². The van der Waals surface area contributed by atoms with Gasteiger partial charge in [0.25, 0.3) is 0 Å². The third-order valence-electron chi connectivity index (χ3n) is 9.69. The molecule has 1 unspecified atom stereocenters. The molecule has 2 bridgehead atoms. The molecule has 0 aromatic rings. The smallest absolute Gasteiger partial charge is 0.372 e. The molecule has 3 rings (SSSR count). The van der Waals surface area contributed by atoms with E-state index in [1.165, 1.54) is 122 Å². The zero-order chi connectivity index (χ0) is 29.7. The van der Waals surface area contributed by atoms with Crippen molar-refractivity contribution in [2.45, 2.75) is 141 Å². The van der Waals surface area contributed by atoms with Crippen LogP contribution < -0.4 is 0 Å². The first-order valence-corrected chi connectivity index (χ1v) is 19.9. The van der Waals surface area contributed by atoms with Crippen LogP contribution in [0.2, 0.25) is 6.04 Å². The molecule has 7 heteroatoms. The monoisotopic (exact) mass is 599 g/mol. The molecule has 3 saturated heterocycles. The van der Waals surface area contributed by atoms with Crippen LogP contribution in [0.25, 0.3) is 0 Å². The van der Waals surface area contributed by atoms with Gasteiger partial charge in [-0.2, -0.15) is 0 Å². The minimum atomic E-state index is -2.51. The zero-order valence-corrected chi connectivity index (χ0v) is 29.4. The molecule has 0 amide bonds. The number of hydrogen-bond acceptors (Lipinski definition) is 5. The average Bonchev–Trinajstić information content (AvgIpc) is 2.90. The van der Waals surface area contributed by atoms with Crippen molar-refractivity contribution < 1.29 is 17.8 Å². The lowest BCUT2D eigenvalue weighted by Gasteiger charge is -2.40. The Labute approximate surface area is 257 Å². The first-order chi connectivity index (χ1) is 19.9. The summed E-state index contributed by atoms with van der Waals surface area (Å²) in [6.07, 6.45) is 26.6. The zero-order valence-electron chi connectivity index (χ0n) is 28.4. The Balaban J connectivity index is 1.58. The van der Waals surface area contributed by atoms with Gasteiger partial charge in [0.05, 0.1) is 46.5 Å². The summed E-state index contributed by atoms with van der Waals surface area (Å²) in [5, 5.41) is 0. The summed E-state index contributed by atoms with van der Waals surface area (Å²) in [6.45, 7) is 10.1. The number of hydrogen-bond donors (Lipinski definition) is 0. The highest BCUT2D eigenvalue weighted by Crippen LogP contribution is 2.26. The van der Waals surface area contributed by atoms with Crippen molar-refractivity contribution in [2.24, 2.45) is 0 Å². The predicted molar refractivity (Wildman–Crippen MR) is 178 cm³/mol. The van der Waals surface area contributed by atoms with E-state index in [1.807, 2.05) is 0 Å². The summed E-state index contributed by atoms with van der Waals surface area (Å²) in [6, 6.07) is 1.65. The molecule has 6 nitrogen and oxygen atoms in total. The van der Waals surface area contributed by atoms with Crippen LogP contribution in [0.4, 0.5) is 0 Å². The molecule has 0 aliphatic carbocycles. The lowest BCUT2D eigenvalue weighted by atomic mass is 10.0. The average molecular weight is 599 g/mol. The number of fused-ring (bicyclic) bond motifs is 6. The Morgan fingerprint density at radius 1 is 0.634 bits per heavy atom. The van der Waals surface area contributed by atoms with Crippen molar-refractivity contribution >= 4 is 8.80 Å². The van der Waals surface area contributed by atoms with Gasteiger partial charge < -0.3 is 22.7 Å². The van der Waals surface area contributed by atoms with Crippen molar-refractivity contribution in [3.63, 3.8) is 0 Å². The van der Waals surface area contributed by atoms with Gasteiger partial charge in [-0.25, -0.2) is 0 Å². The molecule has 244 valence electrons. The highest BCUT2D eigenvalue weighted by molar-refractivity contribution is 6.60. The molecule has 3 heterocycles. The van der Waals surface area contributed by atoms with Crippen LogP contribution in [0, 0.1) is 0 Å². The summed E-state index contributed by atoms with van der Waals surface area (Å²) in [4.78, 5) is 4.74. The number of quaternary nitrogens is 1. The summed E-state index contributed by atoms with van der Waals surface area (Å²) in [5.74, 6) is 0. The van der Waals surface area contributed by atoms with E-state index >= 15 is 0 Å². The van der Waals surface area contributed by atoms with Gasteiger partial charge in [0.15, 0.2) is 0 Å². The van der Waals surface area contributed by atoms with Gasteiger partial charge in [-0.05, 0) is 39.8 Å². The van der Waals surface area contributed by atoms with E-state index in [4.69, 9.17) is 13.3 Å². The minimum Gasteiger partial charge on any atom is -0.372 e. The maximum Gasteiger partial charge on any atom is 0.501 e. The van der Waals surface area contributed by atoms with Crippen molar-refractivity contribution in [2.75, 3.05) is 80.7 Å². The fourth-order valence-corrected chi connectivity index (χ4v) is 9.25. The molecule has 3 fully saturated rings. The molecule has 0 aromatic heterocycles. The van der Waals surface area contributed by atoms with E-state index in [9.17, 15) is 0 Å². The van der Waals surface area contributed by atoms with Crippen LogP contribution in [0.1, 0.15) is 129 Å². The Kier molecular flexibility index (Phi) is 20.4. The molecular weight excluding hydrogens is 526 g/mol. The standard InChI is InChI=1S/C34H72N3O3Si/c1-6-7-8-9-10-11-12-13-14-15-16-17-18-19-20-21-29-37(4,5)34(24-25-35(2)3)23-22-33-41-38-30-26-36(27-31-39-41)28-32-40-41/h34H,6-33H2,1-5H3/q+1. The molecule has 3 aliphatic heterocycles. The molecule has 0 saturated carbocycles. The number of rotatable bonds is 25. The fraction of sp³-hybridized carbons (Fsp3) is 1.00. The van der Waals surface area contributed by atoms with E-state index in [1.54, 1.807) is 0 Å². The normalized spacial score (nSPS) is 22.5. The van der Waals surface area contributed by atoms with Crippen molar-refractivity contribution in [3.05, 3.63) is 0 Å². The molecule has 0 N–H and O–H groups in total. The quantitative estimate of drug-likeness (QED) is 0.0610. The third kappa shape index (κ3) is 17.2. The van der Waals surface area contributed by atoms with Gasteiger partial charge in [0.2, 0.25) is 0 Å². The van der Waals surface area contributed by atoms with E-state index in [0.29, 0.717) is 6.04 Å². The maximum atomic E-state index is 6.31. The predicted octanol–water partition coefficient (Wildman–Crippen LogP) is 7.74. The van der Waals surface area contributed by atoms with E-state index < -0.39 is 8.80 Å². The Morgan fingerprint density at radius 3 is 1.51 bits per heavy atom. The van der Waals surface area contributed by atoms with Crippen LogP contribution >= 0.6 is 0 Å². The van der Waals surface area contributed by atoms with Crippen LogP contribution in [0.15, 0.2) is 0 Å². The van der Waals surface area contributed by atoms with Crippen LogP contribution in [0.3, 0.4) is 0 Å². The van der Waals surface area contributed by atoms with Gasteiger partial charge in [-0.1, -0.05) is 96.8 Å². The van der Waals surface area contributed by atoms with Gasteiger partial charge in [0.1, 0.15) is 0 Å². The minimum absolute atomic E-state index is 0.678. The van der Waals surface area contributed by atoms with Crippen LogP contribution in [-0.4, -0.2) is 110 Å². The molecule has 3 aliphatic rings. The molecule has 0 aromatic carbocycles. The second kappa shape index (κ2) is 22.5. The molecular formula is C34H72N3O3Si+.